The first-order valence-corrected chi connectivity index (χ1v) is 5.98. The molecule has 0 unspecified atom stereocenters. The molecule has 0 amide bonds. The minimum atomic E-state index is 1.16. The lowest BCUT2D eigenvalue weighted by molar-refractivity contribution is 1.54. The van der Waals surface area contributed by atoms with Crippen molar-refractivity contribution in [1.82, 2.24) is 0 Å². The minimum absolute atomic E-state index is 1.16. The van der Waals surface area contributed by atoms with E-state index in [9.17, 15) is 0 Å². The molecule has 0 atom stereocenters. The molecule has 0 N–H and O–H groups in total. The lowest BCUT2D eigenvalue weighted by Gasteiger charge is -1.98. The van der Waals surface area contributed by atoms with Crippen LogP contribution in [0, 0.1) is 6.92 Å². The van der Waals surface area contributed by atoms with Crippen LogP contribution in [0.1, 0.15) is 5.56 Å². The first-order chi connectivity index (χ1) is 5.70. The fourth-order valence-corrected chi connectivity index (χ4v) is 3.90. The highest BCUT2D eigenvalue weighted by Crippen LogP contribution is 2.37. The number of hydrogen-bond donors (Lipinski definition) is 0. The van der Waals surface area contributed by atoms with Gasteiger partial charge in [-0.25, -0.2) is 0 Å². The van der Waals surface area contributed by atoms with Gasteiger partial charge in [0.15, 0.2) is 0 Å². The SMILES string of the molecule is Cc1ccc(Br)c2c(Br)csc12. The molecule has 1 heterocycles. The van der Waals surface area contributed by atoms with Crippen LogP contribution in [0.3, 0.4) is 0 Å². The zero-order valence-corrected chi connectivity index (χ0v) is 10.4. The summed E-state index contributed by atoms with van der Waals surface area (Å²) in [5.74, 6) is 0. The van der Waals surface area contributed by atoms with Gasteiger partial charge in [0.1, 0.15) is 0 Å². The highest BCUT2D eigenvalue weighted by molar-refractivity contribution is 9.11. The molecule has 3 heteroatoms. The first-order valence-electron chi connectivity index (χ1n) is 3.52. The Morgan fingerprint density at radius 1 is 1.17 bits per heavy atom. The van der Waals surface area contributed by atoms with Crippen LogP contribution in [0.25, 0.3) is 10.1 Å². The van der Waals surface area contributed by atoms with E-state index in [1.807, 2.05) is 0 Å². The summed E-state index contributed by atoms with van der Waals surface area (Å²) in [6, 6.07) is 4.23. The summed E-state index contributed by atoms with van der Waals surface area (Å²) in [7, 11) is 0. The van der Waals surface area contributed by atoms with Crippen LogP contribution in [-0.2, 0) is 0 Å². The standard InChI is InChI=1S/C9H6Br2S/c1-5-2-3-6(10)8-7(11)4-12-9(5)8/h2-4H,1H3. The number of fused-ring (bicyclic) bond motifs is 1. The third kappa shape index (κ3) is 1.24. The second-order valence-electron chi connectivity index (χ2n) is 2.65. The van der Waals surface area contributed by atoms with Crippen molar-refractivity contribution in [2.24, 2.45) is 0 Å². The summed E-state index contributed by atoms with van der Waals surface area (Å²) in [5.41, 5.74) is 1.34. The summed E-state index contributed by atoms with van der Waals surface area (Å²) in [5, 5.41) is 3.42. The van der Waals surface area contributed by atoms with E-state index in [2.05, 4.69) is 56.3 Å². The van der Waals surface area contributed by atoms with E-state index < -0.39 is 0 Å². The van der Waals surface area contributed by atoms with Crippen LogP contribution in [0.4, 0.5) is 0 Å². The number of halogens is 2. The van der Waals surface area contributed by atoms with Gasteiger partial charge in [-0.05, 0) is 34.5 Å². The van der Waals surface area contributed by atoms with Crippen molar-refractivity contribution in [2.75, 3.05) is 0 Å². The average molecular weight is 306 g/mol. The van der Waals surface area contributed by atoms with E-state index in [0.717, 1.165) is 4.47 Å². The molecule has 1 aromatic carbocycles. The molecule has 0 aliphatic heterocycles. The molecule has 2 aromatic rings. The normalized spacial score (nSPS) is 10.9. The molecule has 0 bridgehead atoms. The minimum Gasteiger partial charge on any atom is -0.142 e. The number of rotatable bonds is 0. The maximum Gasteiger partial charge on any atom is 0.0395 e. The summed E-state index contributed by atoms with van der Waals surface area (Å²) >= 11 is 8.85. The van der Waals surface area contributed by atoms with E-state index in [1.54, 1.807) is 11.3 Å². The number of thiophene rings is 1. The number of hydrogen-bond acceptors (Lipinski definition) is 1. The van der Waals surface area contributed by atoms with E-state index in [1.165, 1.54) is 20.1 Å². The Labute approximate surface area is 91.9 Å². The maximum absolute atomic E-state index is 3.54. The zero-order chi connectivity index (χ0) is 8.72. The molecule has 0 saturated heterocycles. The molecular weight excluding hydrogens is 300 g/mol. The smallest absolute Gasteiger partial charge is 0.0395 e. The van der Waals surface area contributed by atoms with Crippen LogP contribution < -0.4 is 0 Å². The van der Waals surface area contributed by atoms with Crippen LogP contribution in [0.15, 0.2) is 26.5 Å². The fourth-order valence-electron chi connectivity index (χ4n) is 1.21. The predicted molar refractivity (Wildman–Crippen MR) is 62.0 cm³/mol. The molecule has 1 aromatic heterocycles. The maximum atomic E-state index is 3.54. The molecule has 0 aliphatic rings. The van der Waals surface area contributed by atoms with Crippen molar-refractivity contribution in [2.45, 2.75) is 6.92 Å². The Balaban J connectivity index is 2.98. The highest BCUT2D eigenvalue weighted by Gasteiger charge is 2.06. The van der Waals surface area contributed by atoms with Crippen LogP contribution >= 0.6 is 43.2 Å². The number of aryl methyl sites for hydroxylation is 1. The molecule has 62 valence electrons. The fraction of sp³-hybridized carbons (Fsp3) is 0.111. The van der Waals surface area contributed by atoms with Crippen molar-refractivity contribution in [3.05, 3.63) is 32.0 Å². The largest absolute Gasteiger partial charge is 0.142 e. The molecule has 0 radical (unpaired) electrons. The molecular formula is C9H6Br2S. The summed E-state index contributed by atoms with van der Waals surface area (Å²) in [6.45, 7) is 2.14. The van der Waals surface area contributed by atoms with Gasteiger partial charge in [0, 0.05) is 24.4 Å². The third-order valence-corrected chi connectivity index (χ3v) is 4.53. The number of benzene rings is 1. The van der Waals surface area contributed by atoms with E-state index in [0.29, 0.717) is 0 Å². The molecule has 2 rings (SSSR count). The Morgan fingerprint density at radius 3 is 2.58 bits per heavy atom. The second-order valence-corrected chi connectivity index (χ2v) is 5.24. The summed E-state index contributed by atoms with van der Waals surface area (Å²) in [6.07, 6.45) is 0. The third-order valence-electron chi connectivity index (χ3n) is 1.82. The van der Waals surface area contributed by atoms with Crippen molar-refractivity contribution in [1.29, 1.82) is 0 Å². The monoisotopic (exact) mass is 304 g/mol. The first kappa shape index (κ1) is 8.73. The van der Waals surface area contributed by atoms with Gasteiger partial charge < -0.3 is 0 Å². The van der Waals surface area contributed by atoms with E-state index in [-0.39, 0.29) is 0 Å². The van der Waals surface area contributed by atoms with Crippen molar-refractivity contribution < 1.29 is 0 Å². The Morgan fingerprint density at radius 2 is 1.92 bits per heavy atom. The van der Waals surface area contributed by atoms with Gasteiger partial charge in [0.05, 0.1) is 0 Å². The van der Waals surface area contributed by atoms with Gasteiger partial charge >= 0.3 is 0 Å². The van der Waals surface area contributed by atoms with Crippen LogP contribution in [0.5, 0.6) is 0 Å². The Kier molecular flexibility index (Phi) is 2.27. The Hall–Kier alpha value is 0.140. The highest BCUT2D eigenvalue weighted by atomic mass is 79.9. The average Bonchev–Trinajstić information content (AvgIpc) is 2.42. The van der Waals surface area contributed by atoms with Crippen molar-refractivity contribution >= 4 is 53.3 Å². The van der Waals surface area contributed by atoms with Crippen molar-refractivity contribution in [3.8, 4) is 0 Å². The van der Waals surface area contributed by atoms with Gasteiger partial charge in [0.25, 0.3) is 0 Å². The molecule has 0 spiro atoms. The predicted octanol–water partition coefficient (Wildman–Crippen LogP) is 4.73. The van der Waals surface area contributed by atoms with Gasteiger partial charge in [-0.2, -0.15) is 0 Å². The lowest BCUT2D eigenvalue weighted by atomic mass is 10.2. The molecule has 0 fully saturated rings. The van der Waals surface area contributed by atoms with Gasteiger partial charge in [-0.3, -0.25) is 0 Å². The summed E-state index contributed by atoms with van der Waals surface area (Å²) in [4.78, 5) is 0. The molecule has 0 aliphatic carbocycles. The van der Waals surface area contributed by atoms with Crippen molar-refractivity contribution in [3.63, 3.8) is 0 Å². The Bertz CT molecular complexity index is 431. The van der Waals surface area contributed by atoms with E-state index in [4.69, 9.17) is 0 Å². The van der Waals surface area contributed by atoms with E-state index >= 15 is 0 Å². The molecule has 0 saturated carbocycles. The zero-order valence-electron chi connectivity index (χ0n) is 6.40. The molecule has 0 nitrogen and oxygen atoms in total. The van der Waals surface area contributed by atoms with Gasteiger partial charge in [-0.1, -0.05) is 22.0 Å². The summed E-state index contributed by atoms with van der Waals surface area (Å²) < 4.78 is 3.70. The quantitative estimate of drug-likeness (QED) is 0.660. The van der Waals surface area contributed by atoms with Crippen LogP contribution in [-0.4, -0.2) is 0 Å². The second kappa shape index (κ2) is 3.13. The lowest BCUT2D eigenvalue weighted by Crippen LogP contribution is -1.73. The van der Waals surface area contributed by atoms with Gasteiger partial charge in [-0.15, -0.1) is 11.3 Å². The topological polar surface area (TPSA) is 0 Å². The molecule has 12 heavy (non-hydrogen) atoms. The van der Waals surface area contributed by atoms with Gasteiger partial charge in [0.2, 0.25) is 0 Å². The van der Waals surface area contributed by atoms with Crippen LogP contribution in [0.2, 0.25) is 0 Å².